The molecular formula is C17H18N2O4S2. The molecule has 0 fully saturated rings. The highest BCUT2D eigenvalue weighted by molar-refractivity contribution is 7.89. The van der Waals surface area contributed by atoms with Crippen molar-refractivity contribution in [1.29, 1.82) is 0 Å². The van der Waals surface area contributed by atoms with Gasteiger partial charge in [0.05, 0.1) is 24.0 Å². The van der Waals surface area contributed by atoms with Crippen molar-refractivity contribution in [2.45, 2.75) is 25.3 Å². The first-order valence-electron chi connectivity index (χ1n) is 7.55. The van der Waals surface area contributed by atoms with Crippen LogP contribution in [0.2, 0.25) is 0 Å². The normalized spacial score (nSPS) is 11.6. The van der Waals surface area contributed by atoms with Crippen LogP contribution in [0.3, 0.4) is 0 Å². The topological polar surface area (TPSA) is 81.4 Å². The number of nitrogens with zero attached hydrogens (tertiary/aromatic N) is 1. The monoisotopic (exact) mass is 378 g/mol. The summed E-state index contributed by atoms with van der Waals surface area (Å²) in [7, 11) is -2.06. The number of sulfonamides is 1. The molecule has 2 aromatic heterocycles. The fourth-order valence-electron chi connectivity index (χ4n) is 2.36. The molecule has 6 nitrogen and oxygen atoms in total. The van der Waals surface area contributed by atoms with Crippen LogP contribution in [0.4, 0.5) is 0 Å². The first-order chi connectivity index (χ1) is 11.9. The van der Waals surface area contributed by atoms with Crippen LogP contribution in [0.15, 0.2) is 45.9 Å². The van der Waals surface area contributed by atoms with E-state index in [1.165, 1.54) is 17.4 Å². The third kappa shape index (κ3) is 3.76. The summed E-state index contributed by atoms with van der Waals surface area (Å²) in [6.07, 6.45) is 1.58. The van der Waals surface area contributed by atoms with Crippen LogP contribution in [0.1, 0.15) is 16.1 Å². The lowest BCUT2D eigenvalue weighted by Crippen LogP contribution is -2.23. The highest BCUT2D eigenvalue weighted by Crippen LogP contribution is 2.28. The highest BCUT2D eigenvalue weighted by atomic mass is 32.2. The Labute approximate surface area is 150 Å². The van der Waals surface area contributed by atoms with Gasteiger partial charge in [-0.3, -0.25) is 0 Å². The van der Waals surface area contributed by atoms with Gasteiger partial charge in [0.25, 0.3) is 0 Å². The number of aryl methyl sites for hydroxylation is 2. The highest BCUT2D eigenvalue weighted by Gasteiger charge is 2.18. The zero-order valence-electron chi connectivity index (χ0n) is 14.1. The Balaban J connectivity index is 1.77. The van der Waals surface area contributed by atoms with Crippen molar-refractivity contribution in [2.75, 3.05) is 7.11 Å². The second-order valence-electron chi connectivity index (χ2n) is 5.46. The van der Waals surface area contributed by atoms with E-state index in [0.29, 0.717) is 11.5 Å². The smallest absolute Gasteiger partial charge is 0.240 e. The minimum Gasteiger partial charge on any atom is -0.496 e. The predicted octanol–water partition coefficient (Wildman–Crippen LogP) is 3.51. The van der Waals surface area contributed by atoms with Crippen molar-refractivity contribution >= 4 is 21.4 Å². The second kappa shape index (κ2) is 6.99. The summed E-state index contributed by atoms with van der Waals surface area (Å²) in [5.41, 5.74) is 1.55. The maximum Gasteiger partial charge on any atom is 0.240 e. The molecule has 0 saturated carbocycles. The molecule has 1 aromatic carbocycles. The largest absolute Gasteiger partial charge is 0.496 e. The van der Waals surface area contributed by atoms with Gasteiger partial charge in [0.1, 0.15) is 5.75 Å². The van der Waals surface area contributed by atoms with Crippen LogP contribution >= 0.6 is 11.3 Å². The molecular weight excluding hydrogens is 360 g/mol. The lowest BCUT2D eigenvalue weighted by molar-refractivity contribution is 0.411. The molecule has 0 amide bonds. The molecule has 0 aliphatic rings. The van der Waals surface area contributed by atoms with Gasteiger partial charge in [-0.15, -0.1) is 11.3 Å². The summed E-state index contributed by atoms with van der Waals surface area (Å²) in [4.78, 5) is 5.49. The van der Waals surface area contributed by atoms with E-state index in [-0.39, 0.29) is 11.4 Å². The number of furan rings is 1. The van der Waals surface area contributed by atoms with Crippen molar-refractivity contribution in [3.63, 3.8) is 0 Å². The van der Waals surface area contributed by atoms with Gasteiger partial charge in [0, 0.05) is 11.4 Å². The van der Waals surface area contributed by atoms with Gasteiger partial charge in [0.15, 0.2) is 10.8 Å². The van der Waals surface area contributed by atoms with Crippen LogP contribution < -0.4 is 9.46 Å². The van der Waals surface area contributed by atoms with Crippen molar-refractivity contribution < 1.29 is 17.6 Å². The molecule has 0 bridgehead atoms. The van der Waals surface area contributed by atoms with E-state index in [1.807, 2.05) is 13.0 Å². The molecule has 3 aromatic rings. The summed E-state index contributed by atoms with van der Waals surface area (Å²) in [6.45, 7) is 3.84. The quantitative estimate of drug-likeness (QED) is 0.710. The Morgan fingerprint density at radius 3 is 2.72 bits per heavy atom. The Morgan fingerprint density at radius 2 is 2.08 bits per heavy atom. The van der Waals surface area contributed by atoms with Crippen molar-refractivity contribution in [1.82, 2.24) is 9.71 Å². The van der Waals surface area contributed by atoms with E-state index in [2.05, 4.69) is 9.71 Å². The number of ether oxygens (including phenoxy) is 1. The van der Waals surface area contributed by atoms with E-state index in [1.54, 1.807) is 38.5 Å². The van der Waals surface area contributed by atoms with Crippen LogP contribution in [0, 0.1) is 13.8 Å². The molecule has 1 N–H and O–H groups in total. The summed E-state index contributed by atoms with van der Waals surface area (Å²) >= 11 is 1.41. The molecule has 132 valence electrons. The van der Waals surface area contributed by atoms with E-state index in [9.17, 15) is 8.42 Å². The predicted molar refractivity (Wildman–Crippen MR) is 96.3 cm³/mol. The molecule has 25 heavy (non-hydrogen) atoms. The van der Waals surface area contributed by atoms with Gasteiger partial charge >= 0.3 is 0 Å². The molecule has 0 saturated heterocycles. The minimum absolute atomic E-state index is 0.178. The standard InChI is InChI=1S/C17H18N2O4S2/c1-11-9-13(6-7-14(11)22-3)25(20,21)18-10-16-12(2)19-17(24-16)15-5-4-8-23-15/h4-9,18H,10H2,1-3H3. The third-order valence-electron chi connectivity index (χ3n) is 3.72. The number of thiazole rings is 1. The molecule has 0 atom stereocenters. The van der Waals surface area contributed by atoms with Crippen molar-refractivity contribution in [3.8, 4) is 16.5 Å². The fraction of sp³-hybridized carbons (Fsp3) is 0.235. The third-order valence-corrected chi connectivity index (χ3v) is 6.29. The molecule has 8 heteroatoms. The average Bonchev–Trinajstić information content (AvgIpc) is 3.22. The lowest BCUT2D eigenvalue weighted by Gasteiger charge is -2.09. The van der Waals surface area contributed by atoms with E-state index in [4.69, 9.17) is 9.15 Å². The first-order valence-corrected chi connectivity index (χ1v) is 9.85. The van der Waals surface area contributed by atoms with Crippen LogP contribution in [-0.4, -0.2) is 20.5 Å². The molecule has 2 heterocycles. The molecule has 0 unspecified atom stereocenters. The Morgan fingerprint density at radius 1 is 1.28 bits per heavy atom. The maximum atomic E-state index is 12.5. The number of hydrogen-bond acceptors (Lipinski definition) is 6. The SMILES string of the molecule is COc1ccc(S(=O)(=O)NCc2sc(-c3ccco3)nc2C)cc1C. The van der Waals surface area contributed by atoms with Gasteiger partial charge in [0.2, 0.25) is 10.0 Å². The summed E-state index contributed by atoms with van der Waals surface area (Å²) in [6, 6.07) is 8.39. The zero-order valence-corrected chi connectivity index (χ0v) is 15.7. The summed E-state index contributed by atoms with van der Waals surface area (Å²) in [5.74, 6) is 1.33. The van der Waals surface area contributed by atoms with Crippen molar-refractivity contribution in [3.05, 3.63) is 52.7 Å². The molecule has 0 aliphatic heterocycles. The second-order valence-corrected chi connectivity index (χ2v) is 8.31. The molecule has 3 rings (SSSR count). The number of rotatable bonds is 6. The van der Waals surface area contributed by atoms with Crippen molar-refractivity contribution in [2.24, 2.45) is 0 Å². The summed E-state index contributed by atoms with van der Waals surface area (Å²) < 4.78 is 38.2. The Bertz CT molecular complexity index is 976. The van der Waals surface area contributed by atoms with E-state index >= 15 is 0 Å². The van der Waals surface area contributed by atoms with Crippen LogP contribution in [-0.2, 0) is 16.6 Å². The van der Waals surface area contributed by atoms with Gasteiger partial charge in [-0.2, -0.15) is 0 Å². The van der Waals surface area contributed by atoms with Crippen LogP contribution in [0.5, 0.6) is 5.75 Å². The zero-order chi connectivity index (χ0) is 18.0. The lowest BCUT2D eigenvalue weighted by atomic mass is 10.2. The minimum atomic E-state index is -3.62. The average molecular weight is 378 g/mol. The summed E-state index contributed by atoms with van der Waals surface area (Å²) in [5, 5.41) is 0.733. The molecule has 0 spiro atoms. The maximum absolute atomic E-state index is 12.5. The van der Waals surface area contributed by atoms with Gasteiger partial charge in [-0.1, -0.05) is 0 Å². The molecule has 0 aliphatic carbocycles. The van der Waals surface area contributed by atoms with E-state index < -0.39 is 10.0 Å². The van der Waals surface area contributed by atoms with Gasteiger partial charge in [-0.25, -0.2) is 18.1 Å². The van der Waals surface area contributed by atoms with E-state index in [0.717, 1.165) is 21.1 Å². The number of hydrogen-bond donors (Lipinski definition) is 1. The van der Waals surface area contributed by atoms with Gasteiger partial charge < -0.3 is 9.15 Å². The Kier molecular flexibility index (Phi) is 4.94. The molecule has 0 radical (unpaired) electrons. The van der Waals surface area contributed by atoms with Crippen LogP contribution in [0.25, 0.3) is 10.8 Å². The number of nitrogens with one attached hydrogen (secondary N) is 1. The first kappa shape index (κ1) is 17.7. The number of aromatic nitrogens is 1. The fourth-order valence-corrected chi connectivity index (χ4v) is 4.50. The number of benzene rings is 1. The Hall–Kier alpha value is -2.16. The number of methoxy groups -OCH3 is 1. The van der Waals surface area contributed by atoms with Gasteiger partial charge in [-0.05, 0) is 49.7 Å².